The van der Waals surface area contributed by atoms with Gasteiger partial charge in [0, 0.05) is 18.7 Å². The molecule has 74 valence electrons. The van der Waals surface area contributed by atoms with Crippen molar-refractivity contribution in [1.82, 2.24) is 0 Å². The molecule has 0 aliphatic rings. The van der Waals surface area contributed by atoms with Gasteiger partial charge in [-0.05, 0) is 45.5 Å². The fourth-order valence-corrected chi connectivity index (χ4v) is 3.68. The molecule has 0 N–H and O–H groups in total. The van der Waals surface area contributed by atoms with E-state index in [4.69, 9.17) is 0 Å². The van der Waals surface area contributed by atoms with Gasteiger partial charge in [-0.3, -0.25) is 0 Å². The SMILES string of the molecule is FC(F)c1c(I)cc2ccsc2c1S. The highest BCUT2D eigenvalue weighted by Crippen LogP contribution is 2.38. The van der Waals surface area contributed by atoms with Crippen LogP contribution in [0, 0.1) is 3.57 Å². The van der Waals surface area contributed by atoms with Gasteiger partial charge < -0.3 is 0 Å². The van der Waals surface area contributed by atoms with Crippen LogP contribution in [0.15, 0.2) is 22.4 Å². The van der Waals surface area contributed by atoms with Crippen LogP contribution in [0.4, 0.5) is 8.78 Å². The number of rotatable bonds is 1. The van der Waals surface area contributed by atoms with E-state index in [0.29, 0.717) is 8.47 Å². The molecule has 2 rings (SSSR count). The van der Waals surface area contributed by atoms with Crippen LogP contribution in [-0.2, 0) is 0 Å². The highest BCUT2D eigenvalue weighted by atomic mass is 127. The maximum Gasteiger partial charge on any atom is 0.265 e. The molecule has 1 aromatic heterocycles. The van der Waals surface area contributed by atoms with Gasteiger partial charge in [-0.2, -0.15) is 0 Å². The summed E-state index contributed by atoms with van der Waals surface area (Å²) in [6, 6.07) is 3.69. The molecule has 0 bridgehead atoms. The predicted octanol–water partition coefficient (Wildman–Crippen LogP) is 4.73. The molecule has 0 radical (unpaired) electrons. The van der Waals surface area contributed by atoms with Crippen molar-refractivity contribution >= 4 is 56.6 Å². The first-order valence-electron chi connectivity index (χ1n) is 3.78. The maximum atomic E-state index is 12.7. The molecule has 0 saturated heterocycles. The monoisotopic (exact) mass is 342 g/mol. The topological polar surface area (TPSA) is 0 Å². The first-order valence-corrected chi connectivity index (χ1v) is 6.18. The molecule has 2 aromatic rings. The summed E-state index contributed by atoms with van der Waals surface area (Å²) in [6.45, 7) is 0. The highest BCUT2D eigenvalue weighted by Gasteiger charge is 2.18. The summed E-state index contributed by atoms with van der Waals surface area (Å²) in [5, 5.41) is 2.87. The second kappa shape index (κ2) is 3.94. The van der Waals surface area contributed by atoms with Crippen molar-refractivity contribution < 1.29 is 8.78 Å². The Labute approximate surface area is 103 Å². The number of alkyl halides is 2. The molecule has 0 aliphatic carbocycles. The van der Waals surface area contributed by atoms with E-state index >= 15 is 0 Å². The van der Waals surface area contributed by atoms with Crippen LogP contribution < -0.4 is 0 Å². The van der Waals surface area contributed by atoms with E-state index in [1.54, 1.807) is 6.07 Å². The molecule has 0 spiro atoms. The van der Waals surface area contributed by atoms with E-state index in [2.05, 4.69) is 12.6 Å². The number of halogens is 3. The van der Waals surface area contributed by atoms with Crippen molar-refractivity contribution in [3.8, 4) is 0 Å². The van der Waals surface area contributed by atoms with Crippen LogP contribution in [0.25, 0.3) is 10.1 Å². The van der Waals surface area contributed by atoms with E-state index in [-0.39, 0.29) is 5.56 Å². The minimum absolute atomic E-state index is 0.0453. The largest absolute Gasteiger partial charge is 0.265 e. The van der Waals surface area contributed by atoms with Gasteiger partial charge in [0.15, 0.2) is 0 Å². The lowest BCUT2D eigenvalue weighted by molar-refractivity contribution is 0.147. The van der Waals surface area contributed by atoms with Gasteiger partial charge in [0.2, 0.25) is 0 Å². The molecule has 0 aliphatic heterocycles. The van der Waals surface area contributed by atoms with Crippen LogP contribution in [0.3, 0.4) is 0 Å². The number of hydrogen-bond donors (Lipinski definition) is 1. The number of thiophene rings is 1. The molecule has 0 unspecified atom stereocenters. The van der Waals surface area contributed by atoms with Gasteiger partial charge in [0.1, 0.15) is 0 Å². The van der Waals surface area contributed by atoms with Gasteiger partial charge in [0.05, 0.1) is 0 Å². The Morgan fingerprint density at radius 2 is 2.14 bits per heavy atom. The van der Waals surface area contributed by atoms with E-state index in [1.807, 2.05) is 34.0 Å². The van der Waals surface area contributed by atoms with E-state index in [0.717, 1.165) is 10.1 Å². The molecule has 1 heterocycles. The number of benzene rings is 1. The zero-order valence-corrected chi connectivity index (χ0v) is 10.7. The van der Waals surface area contributed by atoms with Crippen LogP contribution in [0.2, 0.25) is 0 Å². The van der Waals surface area contributed by atoms with Gasteiger partial charge in [0.25, 0.3) is 6.43 Å². The van der Waals surface area contributed by atoms with Gasteiger partial charge in [-0.25, -0.2) is 8.78 Å². The first kappa shape index (κ1) is 10.6. The summed E-state index contributed by atoms with van der Waals surface area (Å²) in [5.74, 6) is 0. The second-order valence-corrected chi connectivity index (χ2v) is 5.29. The summed E-state index contributed by atoms with van der Waals surface area (Å²) in [4.78, 5) is 0.414. The van der Waals surface area contributed by atoms with Crippen molar-refractivity contribution in [2.75, 3.05) is 0 Å². The van der Waals surface area contributed by atoms with Crippen LogP contribution >= 0.6 is 46.6 Å². The van der Waals surface area contributed by atoms with Crippen LogP contribution in [-0.4, -0.2) is 0 Å². The first-order chi connectivity index (χ1) is 6.61. The molecule has 0 atom stereocenters. The Kier molecular flexibility index (Phi) is 2.99. The second-order valence-electron chi connectivity index (χ2n) is 2.76. The van der Waals surface area contributed by atoms with Crippen molar-refractivity contribution in [2.45, 2.75) is 11.3 Å². The van der Waals surface area contributed by atoms with E-state index in [9.17, 15) is 8.78 Å². The minimum atomic E-state index is -2.46. The number of fused-ring (bicyclic) bond motifs is 1. The minimum Gasteiger partial charge on any atom is -0.205 e. The molecular formula is C9H5F2IS2. The summed E-state index contributed by atoms with van der Waals surface area (Å²) in [6.07, 6.45) is -2.46. The average molecular weight is 342 g/mol. The van der Waals surface area contributed by atoms with Gasteiger partial charge in [-0.1, -0.05) is 0 Å². The van der Waals surface area contributed by atoms with Crippen molar-refractivity contribution in [1.29, 1.82) is 0 Å². The Bertz CT molecular complexity index is 479. The smallest absolute Gasteiger partial charge is 0.205 e. The van der Waals surface area contributed by atoms with Crippen molar-refractivity contribution in [3.05, 3.63) is 26.6 Å². The fourth-order valence-electron chi connectivity index (χ4n) is 1.28. The van der Waals surface area contributed by atoms with Crippen molar-refractivity contribution in [3.63, 3.8) is 0 Å². The molecule has 0 fully saturated rings. The molecular weight excluding hydrogens is 337 g/mol. The Balaban J connectivity index is 2.82. The predicted molar refractivity (Wildman–Crippen MR) is 66.8 cm³/mol. The summed E-state index contributed by atoms with van der Waals surface area (Å²) >= 11 is 7.53. The molecule has 5 heteroatoms. The normalized spacial score (nSPS) is 11.5. The quantitative estimate of drug-likeness (QED) is 0.562. The summed E-state index contributed by atoms with van der Waals surface area (Å²) in [5.41, 5.74) is 0.0453. The third kappa shape index (κ3) is 1.65. The molecule has 0 amide bonds. The lowest BCUT2D eigenvalue weighted by Gasteiger charge is -2.07. The molecule has 0 nitrogen and oxygen atoms in total. The summed E-state index contributed by atoms with van der Waals surface area (Å²) < 4.78 is 26.8. The lowest BCUT2D eigenvalue weighted by Crippen LogP contribution is -1.91. The van der Waals surface area contributed by atoms with Crippen LogP contribution in [0.1, 0.15) is 12.0 Å². The zero-order valence-electron chi connectivity index (χ0n) is 6.80. The van der Waals surface area contributed by atoms with Gasteiger partial charge >= 0.3 is 0 Å². The van der Waals surface area contributed by atoms with Crippen molar-refractivity contribution in [2.24, 2.45) is 0 Å². The molecule has 1 aromatic carbocycles. The molecule has 14 heavy (non-hydrogen) atoms. The van der Waals surface area contributed by atoms with E-state index in [1.165, 1.54) is 11.3 Å². The maximum absolute atomic E-state index is 12.7. The van der Waals surface area contributed by atoms with E-state index < -0.39 is 6.43 Å². The fraction of sp³-hybridized carbons (Fsp3) is 0.111. The lowest BCUT2D eigenvalue weighted by atomic mass is 10.2. The third-order valence-corrected chi connectivity index (χ3v) is 4.38. The third-order valence-electron chi connectivity index (χ3n) is 1.92. The number of thiol groups is 1. The standard InChI is InChI=1S/C9H5F2IS2/c10-9(11)6-5(12)3-4-1-2-14-8(4)7(6)13/h1-3,9,13H. The van der Waals surface area contributed by atoms with Gasteiger partial charge in [-0.15, -0.1) is 24.0 Å². The Morgan fingerprint density at radius 3 is 2.79 bits per heavy atom. The van der Waals surface area contributed by atoms with Crippen LogP contribution in [0.5, 0.6) is 0 Å². The Hall–Kier alpha value is 0.120. The molecule has 0 saturated carbocycles. The zero-order chi connectivity index (χ0) is 10.3. The average Bonchev–Trinajstić information content (AvgIpc) is 2.50. The summed E-state index contributed by atoms with van der Waals surface area (Å²) in [7, 11) is 0. The highest BCUT2D eigenvalue weighted by molar-refractivity contribution is 14.1. The Morgan fingerprint density at radius 1 is 1.43 bits per heavy atom. The number of hydrogen-bond acceptors (Lipinski definition) is 2.